The fourth-order valence-corrected chi connectivity index (χ4v) is 9.10. The zero-order chi connectivity index (χ0) is 27.0. The molecule has 3 aromatic rings. The average molecular weight is 571 g/mol. The lowest BCUT2D eigenvalue weighted by atomic mass is 9.91. The number of rotatable bonds is 6. The summed E-state index contributed by atoms with van der Waals surface area (Å²) in [5.41, 5.74) is 4.93. The third-order valence-corrected chi connectivity index (χ3v) is 11.4. The van der Waals surface area contributed by atoms with Gasteiger partial charge in [0.15, 0.2) is 0 Å². The largest absolute Gasteiger partial charge is 0.331 e. The fraction of sp³-hybridized carbons (Fsp3) is 0.433. The summed E-state index contributed by atoms with van der Waals surface area (Å²) in [6.07, 6.45) is 4.29. The SMILES string of the molecule is Cc1cccc(C2c3ccsc3CCN2C(=O)CCC2CCCCN2S(=O)(=O)c2cc(C)c(Cl)cc2C)c1. The molecule has 5 nitrogen and oxygen atoms in total. The number of halogens is 1. The molecule has 2 aromatic carbocycles. The predicted octanol–water partition coefficient (Wildman–Crippen LogP) is 6.82. The Balaban J connectivity index is 1.37. The van der Waals surface area contributed by atoms with Gasteiger partial charge in [-0.1, -0.05) is 47.9 Å². The minimum absolute atomic E-state index is 0.0924. The molecule has 0 saturated carbocycles. The van der Waals surface area contributed by atoms with Crippen LogP contribution in [0, 0.1) is 20.8 Å². The number of fused-ring (bicyclic) bond motifs is 1. The zero-order valence-electron chi connectivity index (χ0n) is 22.2. The lowest BCUT2D eigenvalue weighted by molar-refractivity contribution is -0.133. The maximum Gasteiger partial charge on any atom is 0.243 e. The summed E-state index contributed by atoms with van der Waals surface area (Å²) in [4.78, 5) is 17.4. The maximum absolute atomic E-state index is 13.8. The molecule has 5 rings (SSSR count). The molecular formula is C30H35ClN2O3S2. The lowest BCUT2D eigenvalue weighted by Gasteiger charge is -2.38. The van der Waals surface area contributed by atoms with E-state index in [-0.39, 0.29) is 18.0 Å². The van der Waals surface area contributed by atoms with Crippen LogP contribution < -0.4 is 0 Å². The molecule has 2 unspecified atom stereocenters. The Morgan fingerprint density at radius 1 is 1.05 bits per heavy atom. The summed E-state index contributed by atoms with van der Waals surface area (Å²) >= 11 is 8.01. The van der Waals surface area contributed by atoms with Crippen molar-refractivity contribution in [2.45, 2.75) is 76.3 Å². The van der Waals surface area contributed by atoms with Crippen molar-refractivity contribution in [3.05, 3.63) is 85.6 Å². The minimum Gasteiger partial charge on any atom is -0.331 e. The Bertz CT molecular complexity index is 1450. The van der Waals surface area contributed by atoms with Crippen LogP contribution in [-0.4, -0.2) is 42.7 Å². The molecule has 0 aliphatic carbocycles. The molecule has 202 valence electrons. The van der Waals surface area contributed by atoms with Crippen molar-refractivity contribution >= 4 is 38.9 Å². The van der Waals surface area contributed by atoms with Gasteiger partial charge in [-0.2, -0.15) is 4.31 Å². The van der Waals surface area contributed by atoms with Crippen molar-refractivity contribution in [1.82, 2.24) is 9.21 Å². The highest BCUT2D eigenvalue weighted by Crippen LogP contribution is 2.39. The molecule has 8 heteroatoms. The lowest BCUT2D eigenvalue weighted by Crippen LogP contribution is -2.45. The van der Waals surface area contributed by atoms with Gasteiger partial charge in [-0.15, -0.1) is 11.3 Å². The van der Waals surface area contributed by atoms with Gasteiger partial charge in [-0.25, -0.2) is 8.42 Å². The van der Waals surface area contributed by atoms with E-state index in [1.54, 1.807) is 34.7 Å². The first-order chi connectivity index (χ1) is 18.2. The first-order valence-electron chi connectivity index (χ1n) is 13.4. The Hall–Kier alpha value is -2.19. The Morgan fingerprint density at radius 2 is 1.87 bits per heavy atom. The van der Waals surface area contributed by atoms with Crippen molar-refractivity contribution in [2.24, 2.45) is 0 Å². The molecule has 1 saturated heterocycles. The van der Waals surface area contributed by atoms with Crippen molar-refractivity contribution in [1.29, 1.82) is 0 Å². The van der Waals surface area contributed by atoms with E-state index in [0.717, 1.165) is 36.8 Å². The number of aryl methyl sites for hydroxylation is 3. The molecular weight excluding hydrogens is 536 g/mol. The molecule has 3 heterocycles. The summed E-state index contributed by atoms with van der Waals surface area (Å²) in [5, 5.41) is 2.69. The Labute approximate surface area is 235 Å². The molecule has 0 bridgehead atoms. The molecule has 0 radical (unpaired) electrons. The molecule has 1 aromatic heterocycles. The van der Waals surface area contributed by atoms with Gasteiger partial charge in [0.25, 0.3) is 0 Å². The van der Waals surface area contributed by atoms with Crippen LogP contribution in [0.5, 0.6) is 0 Å². The number of carbonyl (C=O) groups is 1. The van der Waals surface area contributed by atoms with Crippen LogP contribution in [0.3, 0.4) is 0 Å². The number of amides is 1. The molecule has 2 aliphatic rings. The first-order valence-corrected chi connectivity index (χ1v) is 16.1. The topological polar surface area (TPSA) is 57.7 Å². The summed E-state index contributed by atoms with van der Waals surface area (Å²) in [5.74, 6) is 0.0924. The highest BCUT2D eigenvalue weighted by molar-refractivity contribution is 7.89. The monoisotopic (exact) mass is 570 g/mol. The van der Waals surface area contributed by atoms with Crippen molar-refractivity contribution in [3.8, 4) is 0 Å². The zero-order valence-corrected chi connectivity index (χ0v) is 24.6. The second-order valence-electron chi connectivity index (χ2n) is 10.6. The summed E-state index contributed by atoms with van der Waals surface area (Å²) < 4.78 is 29.2. The second-order valence-corrected chi connectivity index (χ2v) is 13.9. The van der Waals surface area contributed by atoms with E-state index in [4.69, 9.17) is 11.6 Å². The van der Waals surface area contributed by atoms with Crippen LogP contribution in [0.4, 0.5) is 0 Å². The van der Waals surface area contributed by atoms with Gasteiger partial charge in [0.2, 0.25) is 15.9 Å². The number of hydrogen-bond acceptors (Lipinski definition) is 4. The smallest absolute Gasteiger partial charge is 0.243 e. The Morgan fingerprint density at radius 3 is 2.66 bits per heavy atom. The van der Waals surface area contributed by atoms with Crippen LogP contribution in [0.25, 0.3) is 0 Å². The highest BCUT2D eigenvalue weighted by atomic mass is 35.5. The van der Waals surface area contributed by atoms with E-state index < -0.39 is 10.0 Å². The Kier molecular flexibility index (Phi) is 8.01. The maximum atomic E-state index is 13.8. The molecule has 0 spiro atoms. The number of thiophene rings is 1. The predicted molar refractivity (Wildman–Crippen MR) is 154 cm³/mol. The van der Waals surface area contributed by atoms with Crippen molar-refractivity contribution < 1.29 is 13.2 Å². The van der Waals surface area contributed by atoms with Crippen molar-refractivity contribution in [3.63, 3.8) is 0 Å². The van der Waals surface area contributed by atoms with Gasteiger partial charge in [0, 0.05) is 35.5 Å². The average Bonchev–Trinajstić information content (AvgIpc) is 3.38. The van der Waals surface area contributed by atoms with Gasteiger partial charge >= 0.3 is 0 Å². The van der Waals surface area contributed by atoms with Crippen LogP contribution in [0.1, 0.15) is 70.8 Å². The normalized spacial score (nSPS) is 20.4. The third-order valence-electron chi connectivity index (χ3n) is 7.95. The van der Waals surface area contributed by atoms with E-state index >= 15 is 0 Å². The second kappa shape index (κ2) is 11.1. The molecule has 38 heavy (non-hydrogen) atoms. The number of benzene rings is 2. The fourth-order valence-electron chi connectivity index (χ4n) is 5.96. The third kappa shape index (κ3) is 5.31. The molecule has 2 atom stereocenters. The number of sulfonamides is 1. The number of hydrogen-bond donors (Lipinski definition) is 0. The quantitative estimate of drug-likeness (QED) is 0.326. The van der Waals surface area contributed by atoms with E-state index in [1.165, 1.54) is 16.0 Å². The molecule has 0 N–H and O–H groups in total. The number of nitrogens with zero attached hydrogens (tertiary/aromatic N) is 2. The van der Waals surface area contributed by atoms with Crippen LogP contribution in [0.15, 0.2) is 52.7 Å². The van der Waals surface area contributed by atoms with Gasteiger partial charge in [-0.3, -0.25) is 4.79 Å². The van der Waals surface area contributed by atoms with Gasteiger partial charge < -0.3 is 4.90 Å². The van der Waals surface area contributed by atoms with Crippen LogP contribution in [0.2, 0.25) is 5.02 Å². The van der Waals surface area contributed by atoms with Crippen molar-refractivity contribution in [2.75, 3.05) is 13.1 Å². The van der Waals surface area contributed by atoms with E-state index in [2.05, 4.69) is 42.6 Å². The van der Waals surface area contributed by atoms with Gasteiger partial charge in [0.05, 0.1) is 10.9 Å². The number of piperidine rings is 1. The van der Waals surface area contributed by atoms with Crippen LogP contribution >= 0.6 is 22.9 Å². The molecule has 1 fully saturated rings. The van der Waals surface area contributed by atoms with E-state index in [0.29, 0.717) is 41.4 Å². The van der Waals surface area contributed by atoms with Crippen LogP contribution in [-0.2, 0) is 21.2 Å². The molecule has 2 aliphatic heterocycles. The first kappa shape index (κ1) is 27.4. The van der Waals surface area contributed by atoms with Gasteiger partial charge in [0.1, 0.15) is 0 Å². The standard InChI is InChI=1S/C30H35ClN2O3S2/c1-20-7-6-8-23(17-20)30-25-13-16-37-27(25)12-15-32(30)29(34)11-10-24-9-4-5-14-33(24)38(35,36)28-19-21(2)26(31)18-22(28)3/h6-8,13,16-19,24,30H,4-5,9-12,14-15H2,1-3H3. The van der Waals surface area contributed by atoms with E-state index in [1.807, 2.05) is 11.8 Å². The van der Waals surface area contributed by atoms with E-state index in [9.17, 15) is 13.2 Å². The summed E-state index contributed by atoms with van der Waals surface area (Å²) in [6.45, 7) is 6.86. The minimum atomic E-state index is -3.69. The van der Waals surface area contributed by atoms with Gasteiger partial charge in [-0.05, 0) is 92.3 Å². The molecule has 1 amide bonds. The highest BCUT2D eigenvalue weighted by Gasteiger charge is 2.37. The summed E-state index contributed by atoms with van der Waals surface area (Å²) in [6, 6.07) is 13.7. The summed E-state index contributed by atoms with van der Waals surface area (Å²) in [7, 11) is -3.69. The number of carbonyl (C=O) groups excluding carboxylic acids is 1.